The summed E-state index contributed by atoms with van der Waals surface area (Å²) in [6.45, 7) is 11.0. The number of hydrogen-bond donors (Lipinski definition) is 4. The third-order valence-electron chi connectivity index (χ3n) is 10.8. The number of aliphatic hydroxyl groups excluding tert-OH is 2. The lowest BCUT2D eigenvalue weighted by atomic mass is 9.46. The Morgan fingerprint density at radius 3 is 2.50 bits per heavy atom. The first-order chi connectivity index (χ1) is 16.5. The number of fused-ring (bicyclic) bond motifs is 5. The minimum absolute atomic E-state index is 0.0274. The lowest BCUT2D eigenvalue weighted by Crippen LogP contribution is -2.61. The normalized spacial score (nSPS) is 44.1. The number of rotatable bonds is 6. The first kappa shape index (κ1) is 27.7. The van der Waals surface area contributed by atoms with Crippen LogP contribution in [0.3, 0.4) is 0 Å². The maximum atomic E-state index is 13.5. The van der Waals surface area contributed by atoms with Gasteiger partial charge in [0.25, 0.3) is 0 Å². The van der Waals surface area contributed by atoms with Crippen LogP contribution in [0.15, 0.2) is 11.6 Å². The van der Waals surface area contributed by atoms with E-state index in [9.17, 15) is 30.0 Å². The highest BCUT2D eigenvalue weighted by atomic mass is 16.6. The number of esters is 1. The minimum atomic E-state index is -1.13. The van der Waals surface area contributed by atoms with E-state index in [1.54, 1.807) is 19.9 Å². The number of aliphatic hydroxyl groups is 4. The van der Waals surface area contributed by atoms with Crippen molar-refractivity contribution in [3.63, 3.8) is 0 Å². The molecule has 36 heavy (non-hydrogen) atoms. The van der Waals surface area contributed by atoms with Gasteiger partial charge in [-0.15, -0.1) is 0 Å². The fraction of sp³-hybridized carbons (Fsp3) is 0.862. The summed E-state index contributed by atoms with van der Waals surface area (Å²) in [5.74, 6) is -0.848. The molecule has 0 saturated heterocycles. The monoisotopic (exact) mass is 506 g/mol. The predicted molar refractivity (Wildman–Crippen MR) is 135 cm³/mol. The Kier molecular flexibility index (Phi) is 7.07. The lowest BCUT2D eigenvalue weighted by molar-refractivity contribution is -0.173. The van der Waals surface area contributed by atoms with Crippen LogP contribution in [0.1, 0.15) is 92.9 Å². The smallest absolute Gasteiger partial charge is 0.302 e. The second-order valence-corrected chi connectivity index (χ2v) is 13.5. The molecule has 0 radical (unpaired) electrons. The maximum absolute atomic E-state index is 13.5. The summed E-state index contributed by atoms with van der Waals surface area (Å²) in [6.07, 6.45) is 4.14. The van der Waals surface area contributed by atoms with Gasteiger partial charge in [0.05, 0.1) is 23.4 Å². The van der Waals surface area contributed by atoms with E-state index in [0.29, 0.717) is 32.1 Å². The quantitative estimate of drug-likeness (QED) is 0.408. The van der Waals surface area contributed by atoms with Gasteiger partial charge >= 0.3 is 5.97 Å². The standard InChI is InChI=1S/C29H46O7/c1-16(22(31)9-10-26(3,4)34)18-8-12-29(35)20-13-23(32)21-14-25(36-17(2)30)24(33)15-27(21,5)19(20)7-11-28(18,29)6/h13,16,18-19,21-22,24-25,31,33-35H,7-12,14-15H2,1-6H3/t16-,18+,19-,21-,22?,24-,25+,27+,28+,29+/m0/s1. The van der Waals surface area contributed by atoms with Crippen LogP contribution in [0.25, 0.3) is 0 Å². The third-order valence-corrected chi connectivity index (χ3v) is 10.8. The minimum Gasteiger partial charge on any atom is -0.460 e. The van der Waals surface area contributed by atoms with E-state index in [4.69, 9.17) is 4.74 Å². The Bertz CT molecular complexity index is 921. The van der Waals surface area contributed by atoms with Crippen LogP contribution in [0.2, 0.25) is 0 Å². The summed E-state index contributed by atoms with van der Waals surface area (Å²) in [7, 11) is 0. The van der Waals surface area contributed by atoms with Gasteiger partial charge in [-0.05, 0) is 100 Å². The maximum Gasteiger partial charge on any atom is 0.302 e. The zero-order valence-electron chi connectivity index (χ0n) is 22.8. The van der Waals surface area contributed by atoms with Gasteiger partial charge in [0.1, 0.15) is 6.10 Å². The second kappa shape index (κ2) is 9.18. The van der Waals surface area contributed by atoms with Crippen molar-refractivity contribution in [2.75, 3.05) is 0 Å². The summed E-state index contributed by atoms with van der Waals surface area (Å²) in [5.41, 5.74) is -2.14. The number of ketones is 1. The Morgan fingerprint density at radius 2 is 1.89 bits per heavy atom. The van der Waals surface area contributed by atoms with Crippen LogP contribution in [-0.4, -0.2) is 61.7 Å². The van der Waals surface area contributed by atoms with Gasteiger partial charge in [0.2, 0.25) is 0 Å². The SMILES string of the molecule is CC(=O)O[C@@H]1C[C@H]2C(=O)C=C3[C@H](CC[C@]4(C)[C@@H]([C@H](C)C(O)CCC(C)(C)O)CC[C@@]34O)[C@@]2(C)C[C@@H]1O. The Labute approximate surface area is 215 Å². The molecule has 0 heterocycles. The molecule has 1 unspecified atom stereocenters. The topological polar surface area (TPSA) is 124 Å². The second-order valence-electron chi connectivity index (χ2n) is 13.5. The van der Waals surface area contributed by atoms with Crippen molar-refractivity contribution in [2.45, 2.75) is 122 Å². The molecule has 0 bridgehead atoms. The summed E-state index contributed by atoms with van der Waals surface area (Å²) >= 11 is 0. The molecule has 204 valence electrons. The number of carbonyl (C=O) groups excluding carboxylic acids is 2. The van der Waals surface area contributed by atoms with Crippen LogP contribution in [0.5, 0.6) is 0 Å². The van der Waals surface area contributed by atoms with Gasteiger partial charge in [-0.3, -0.25) is 9.59 Å². The largest absolute Gasteiger partial charge is 0.460 e. The highest BCUT2D eigenvalue weighted by Gasteiger charge is 2.67. The van der Waals surface area contributed by atoms with Gasteiger partial charge < -0.3 is 25.2 Å². The van der Waals surface area contributed by atoms with E-state index >= 15 is 0 Å². The van der Waals surface area contributed by atoms with Crippen LogP contribution in [0.4, 0.5) is 0 Å². The van der Waals surface area contributed by atoms with Crippen molar-refractivity contribution in [1.29, 1.82) is 0 Å². The fourth-order valence-corrected chi connectivity index (χ4v) is 8.61. The zero-order chi connectivity index (χ0) is 26.8. The molecule has 4 aliphatic rings. The molecule has 3 fully saturated rings. The number of ether oxygens (including phenoxy) is 1. The molecule has 0 aromatic carbocycles. The number of allylic oxidation sites excluding steroid dienone is 1. The average Bonchev–Trinajstić information content (AvgIpc) is 3.04. The van der Waals surface area contributed by atoms with Crippen LogP contribution >= 0.6 is 0 Å². The van der Waals surface area contributed by atoms with Crippen molar-refractivity contribution in [3.8, 4) is 0 Å². The molecule has 3 saturated carbocycles. The Hall–Kier alpha value is -1.28. The fourth-order valence-electron chi connectivity index (χ4n) is 8.61. The Balaban J connectivity index is 1.61. The van der Waals surface area contributed by atoms with Gasteiger partial charge in [-0.2, -0.15) is 0 Å². The van der Waals surface area contributed by atoms with E-state index in [-0.39, 0.29) is 29.5 Å². The van der Waals surface area contributed by atoms with E-state index in [1.165, 1.54) is 6.92 Å². The molecule has 4 N–H and O–H groups in total. The van der Waals surface area contributed by atoms with Crippen molar-refractivity contribution >= 4 is 11.8 Å². The molecule has 0 aliphatic heterocycles. The first-order valence-corrected chi connectivity index (χ1v) is 13.8. The number of hydrogen-bond acceptors (Lipinski definition) is 7. The molecule has 7 heteroatoms. The molecule has 0 amide bonds. The molecule has 0 aromatic heterocycles. The highest BCUT2D eigenvalue weighted by molar-refractivity contribution is 5.95. The van der Waals surface area contributed by atoms with E-state index in [0.717, 1.165) is 24.8 Å². The predicted octanol–water partition coefficient (Wildman–Crippen LogP) is 3.31. The zero-order valence-corrected chi connectivity index (χ0v) is 22.8. The van der Waals surface area contributed by atoms with Crippen molar-refractivity contribution in [2.24, 2.45) is 34.5 Å². The van der Waals surface area contributed by atoms with Gasteiger partial charge in [-0.1, -0.05) is 20.8 Å². The summed E-state index contributed by atoms with van der Waals surface area (Å²) in [6, 6.07) is 0. The van der Waals surface area contributed by atoms with Crippen molar-refractivity contribution in [1.82, 2.24) is 0 Å². The van der Waals surface area contributed by atoms with Crippen LogP contribution in [-0.2, 0) is 14.3 Å². The molecule has 0 spiro atoms. The van der Waals surface area contributed by atoms with Gasteiger partial charge in [-0.25, -0.2) is 0 Å². The van der Waals surface area contributed by atoms with Crippen LogP contribution in [0, 0.1) is 34.5 Å². The van der Waals surface area contributed by atoms with Gasteiger partial charge in [0.15, 0.2) is 5.78 Å². The third kappa shape index (κ3) is 4.38. The molecular formula is C29H46O7. The summed E-state index contributed by atoms with van der Waals surface area (Å²) < 4.78 is 5.34. The molecule has 4 aliphatic carbocycles. The number of carbonyl (C=O) groups is 2. The van der Waals surface area contributed by atoms with Crippen LogP contribution < -0.4 is 0 Å². The molecule has 7 nitrogen and oxygen atoms in total. The first-order valence-electron chi connectivity index (χ1n) is 13.8. The molecule has 0 aromatic rings. The highest BCUT2D eigenvalue weighted by Crippen LogP contribution is 2.68. The van der Waals surface area contributed by atoms with E-state index in [2.05, 4.69) is 13.8 Å². The van der Waals surface area contributed by atoms with Gasteiger partial charge in [0, 0.05) is 18.3 Å². The van der Waals surface area contributed by atoms with Crippen molar-refractivity contribution in [3.05, 3.63) is 11.6 Å². The summed E-state index contributed by atoms with van der Waals surface area (Å²) in [4.78, 5) is 25.0. The van der Waals surface area contributed by atoms with E-state index in [1.807, 2.05) is 6.92 Å². The molecular weight excluding hydrogens is 460 g/mol. The van der Waals surface area contributed by atoms with E-state index < -0.39 is 46.3 Å². The summed E-state index contributed by atoms with van der Waals surface area (Å²) in [5, 5.41) is 44.3. The lowest BCUT2D eigenvalue weighted by Gasteiger charge is -2.60. The van der Waals surface area contributed by atoms with Crippen molar-refractivity contribution < 1.29 is 34.8 Å². The molecule has 4 rings (SSSR count). The average molecular weight is 507 g/mol. The molecule has 10 atom stereocenters. The Morgan fingerprint density at radius 1 is 1.22 bits per heavy atom.